The van der Waals surface area contributed by atoms with Gasteiger partial charge in [-0.2, -0.15) is 0 Å². The predicted molar refractivity (Wildman–Crippen MR) is 79.7 cm³/mol. The summed E-state index contributed by atoms with van der Waals surface area (Å²) in [4.78, 5) is 26.5. The molecular formula is C17H17NO4. The van der Waals surface area contributed by atoms with E-state index in [0.717, 1.165) is 54.9 Å². The number of nitrogens with zero attached hydrogens (tertiary/aromatic N) is 1. The van der Waals surface area contributed by atoms with Gasteiger partial charge in [0.2, 0.25) is 12.6 Å². The van der Waals surface area contributed by atoms with Gasteiger partial charge in [0.25, 0.3) is 0 Å². The molecule has 0 amide bonds. The summed E-state index contributed by atoms with van der Waals surface area (Å²) < 4.78 is 10.9. The Balaban J connectivity index is 1.94. The topological polar surface area (TPSA) is 55.8 Å². The van der Waals surface area contributed by atoms with E-state index in [1.807, 2.05) is 12.1 Å². The van der Waals surface area contributed by atoms with E-state index in [0.29, 0.717) is 11.3 Å². The van der Waals surface area contributed by atoms with Crippen LogP contribution in [0.2, 0.25) is 0 Å². The highest BCUT2D eigenvalue weighted by Crippen LogP contribution is 2.41. The summed E-state index contributed by atoms with van der Waals surface area (Å²) in [6, 6.07) is 3.82. The lowest BCUT2D eigenvalue weighted by atomic mass is 9.92. The Morgan fingerprint density at radius 2 is 1.86 bits per heavy atom. The fraction of sp³-hybridized carbons (Fsp3) is 0.412. The zero-order valence-corrected chi connectivity index (χ0v) is 12.5. The second kappa shape index (κ2) is 4.87. The Hall–Kier alpha value is -2.30. The molecule has 0 spiro atoms. The molecule has 0 radical (unpaired) electrons. The van der Waals surface area contributed by atoms with E-state index in [4.69, 9.17) is 9.47 Å². The number of carbonyl (C=O) groups excluding carboxylic acids is 2. The number of rotatable bonds is 2. The molecule has 5 heteroatoms. The number of hydrogen-bond acceptors (Lipinski definition) is 5. The summed E-state index contributed by atoms with van der Waals surface area (Å²) in [7, 11) is 0. The maximum absolute atomic E-state index is 12.6. The van der Waals surface area contributed by atoms with Gasteiger partial charge in [-0.25, -0.2) is 0 Å². The molecule has 1 aromatic carbocycles. The van der Waals surface area contributed by atoms with Crippen LogP contribution in [-0.2, 0) is 16.0 Å². The molecule has 0 atom stereocenters. The van der Waals surface area contributed by atoms with Crippen LogP contribution in [0.3, 0.4) is 0 Å². The minimum Gasteiger partial charge on any atom is -0.454 e. The van der Waals surface area contributed by atoms with Crippen LogP contribution in [0.4, 0.5) is 0 Å². The van der Waals surface area contributed by atoms with Gasteiger partial charge in [0.1, 0.15) is 0 Å². The van der Waals surface area contributed by atoms with E-state index >= 15 is 0 Å². The number of Topliss-reactive ketones (excluding diaryl/α,β-unsaturated/α-hetero) is 2. The monoisotopic (exact) mass is 299 g/mol. The summed E-state index contributed by atoms with van der Waals surface area (Å²) in [6.07, 6.45) is 2.72. The van der Waals surface area contributed by atoms with E-state index in [2.05, 4.69) is 4.90 Å². The number of benzene rings is 1. The highest BCUT2D eigenvalue weighted by Gasteiger charge is 2.32. The lowest BCUT2D eigenvalue weighted by Gasteiger charge is -2.19. The van der Waals surface area contributed by atoms with Crippen LogP contribution in [0.1, 0.15) is 30.9 Å². The molecule has 0 N–H and O–H groups in total. The van der Waals surface area contributed by atoms with Gasteiger partial charge in [-0.05, 0) is 42.5 Å². The van der Waals surface area contributed by atoms with Gasteiger partial charge in [0, 0.05) is 25.7 Å². The fourth-order valence-electron chi connectivity index (χ4n) is 3.52. The number of fused-ring (bicyclic) bond motifs is 3. The lowest BCUT2D eigenvalue weighted by molar-refractivity contribution is -0.132. The first-order valence-electron chi connectivity index (χ1n) is 7.61. The second-order valence-corrected chi connectivity index (χ2v) is 5.91. The lowest BCUT2D eigenvalue weighted by Crippen LogP contribution is -2.22. The molecule has 114 valence electrons. The Morgan fingerprint density at radius 1 is 1.09 bits per heavy atom. The van der Waals surface area contributed by atoms with Gasteiger partial charge in [-0.3, -0.25) is 9.59 Å². The maximum atomic E-state index is 12.6. The summed E-state index contributed by atoms with van der Waals surface area (Å²) in [6.45, 7) is 3.37. The van der Waals surface area contributed by atoms with Crippen molar-refractivity contribution in [1.82, 2.24) is 4.90 Å². The molecule has 0 bridgehead atoms. The van der Waals surface area contributed by atoms with Crippen molar-refractivity contribution in [3.8, 4) is 11.5 Å². The van der Waals surface area contributed by atoms with E-state index in [1.165, 1.54) is 6.92 Å². The van der Waals surface area contributed by atoms with Gasteiger partial charge in [0.15, 0.2) is 17.3 Å². The Bertz CT molecular complexity index is 720. The minimum absolute atomic E-state index is 0.205. The number of carbonyl (C=O) groups is 2. The molecule has 0 aromatic heterocycles. The van der Waals surface area contributed by atoms with E-state index < -0.39 is 11.6 Å². The summed E-state index contributed by atoms with van der Waals surface area (Å²) in [5, 5.41) is 0. The normalized spacial score (nSPS) is 18.9. The average molecular weight is 299 g/mol. The zero-order valence-electron chi connectivity index (χ0n) is 12.5. The Morgan fingerprint density at radius 3 is 2.64 bits per heavy atom. The molecule has 1 fully saturated rings. The SMILES string of the molecule is CC(=O)C(=O)C1=C2CCCN2CCc2cc3c(cc21)OCO3. The zero-order chi connectivity index (χ0) is 15.3. The van der Waals surface area contributed by atoms with Crippen LogP contribution < -0.4 is 9.47 Å². The van der Waals surface area contributed by atoms with Crippen molar-refractivity contribution in [2.45, 2.75) is 26.2 Å². The van der Waals surface area contributed by atoms with Gasteiger partial charge >= 0.3 is 0 Å². The van der Waals surface area contributed by atoms with Crippen LogP contribution in [0.25, 0.3) is 5.57 Å². The first-order valence-corrected chi connectivity index (χ1v) is 7.61. The molecule has 0 unspecified atom stereocenters. The standard InChI is InChI=1S/C17H17NO4/c1-10(19)17(20)16-12-8-15-14(21-9-22-15)7-11(12)4-6-18-5-2-3-13(16)18/h7-8H,2-6,9H2,1H3. The van der Waals surface area contributed by atoms with Gasteiger partial charge < -0.3 is 14.4 Å². The first-order chi connectivity index (χ1) is 10.6. The van der Waals surface area contributed by atoms with E-state index in [9.17, 15) is 9.59 Å². The van der Waals surface area contributed by atoms with E-state index in [1.54, 1.807) is 0 Å². The third kappa shape index (κ3) is 1.92. The minimum atomic E-state index is -0.417. The van der Waals surface area contributed by atoms with Crippen molar-refractivity contribution in [3.05, 3.63) is 29.0 Å². The number of hydrogen-bond donors (Lipinski definition) is 0. The van der Waals surface area contributed by atoms with E-state index in [-0.39, 0.29) is 6.79 Å². The van der Waals surface area contributed by atoms with Crippen LogP contribution in [0.15, 0.2) is 17.8 Å². The fourth-order valence-corrected chi connectivity index (χ4v) is 3.52. The molecule has 3 heterocycles. The average Bonchev–Trinajstić information content (AvgIpc) is 3.11. The Labute approximate surface area is 128 Å². The highest BCUT2D eigenvalue weighted by atomic mass is 16.7. The van der Waals surface area contributed by atoms with Crippen molar-refractivity contribution in [3.63, 3.8) is 0 Å². The third-order valence-electron chi connectivity index (χ3n) is 4.58. The van der Waals surface area contributed by atoms with Crippen molar-refractivity contribution in [2.75, 3.05) is 19.9 Å². The third-order valence-corrected chi connectivity index (χ3v) is 4.58. The molecule has 3 aliphatic heterocycles. The van der Waals surface area contributed by atoms with Gasteiger partial charge in [-0.1, -0.05) is 0 Å². The molecule has 22 heavy (non-hydrogen) atoms. The Kier molecular flexibility index (Phi) is 2.96. The first kappa shape index (κ1) is 13.4. The van der Waals surface area contributed by atoms with Crippen molar-refractivity contribution in [1.29, 1.82) is 0 Å². The molecular weight excluding hydrogens is 282 g/mol. The number of allylic oxidation sites excluding steroid dienone is 2. The summed E-state index contributed by atoms with van der Waals surface area (Å²) >= 11 is 0. The predicted octanol–water partition coefficient (Wildman–Crippen LogP) is 1.94. The molecule has 5 nitrogen and oxygen atoms in total. The molecule has 0 aliphatic carbocycles. The number of ether oxygens (including phenoxy) is 2. The molecule has 4 rings (SSSR count). The summed E-state index contributed by atoms with van der Waals surface area (Å²) in [5.74, 6) is 0.559. The number of ketones is 2. The van der Waals surface area contributed by atoms with Gasteiger partial charge in [0.05, 0.1) is 5.57 Å². The quantitative estimate of drug-likeness (QED) is 0.781. The maximum Gasteiger partial charge on any atom is 0.231 e. The van der Waals surface area contributed by atoms with Crippen molar-refractivity contribution < 1.29 is 19.1 Å². The largest absolute Gasteiger partial charge is 0.454 e. The van der Waals surface area contributed by atoms with Gasteiger partial charge in [-0.15, -0.1) is 0 Å². The van der Waals surface area contributed by atoms with Crippen LogP contribution >= 0.6 is 0 Å². The molecule has 3 aliphatic rings. The highest BCUT2D eigenvalue weighted by molar-refractivity contribution is 6.53. The van der Waals surface area contributed by atoms with Crippen LogP contribution in [0, 0.1) is 0 Å². The smallest absolute Gasteiger partial charge is 0.231 e. The van der Waals surface area contributed by atoms with Crippen LogP contribution in [0.5, 0.6) is 11.5 Å². The molecule has 1 saturated heterocycles. The summed E-state index contributed by atoms with van der Waals surface area (Å²) in [5.41, 5.74) is 3.47. The van der Waals surface area contributed by atoms with Crippen LogP contribution in [-0.4, -0.2) is 36.3 Å². The van der Waals surface area contributed by atoms with Crippen molar-refractivity contribution in [2.24, 2.45) is 0 Å². The second-order valence-electron chi connectivity index (χ2n) is 5.91. The molecule has 0 saturated carbocycles. The van der Waals surface area contributed by atoms with Crippen molar-refractivity contribution >= 4 is 17.1 Å². The molecule has 1 aromatic rings.